The molecule has 0 amide bonds. The highest BCUT2D eigenvalue weighted by atomic mass is 79.9. The third-order valence-electron chi connectivity index (χ3n) is 3.17. The van der Waals surface area contributed by atoms with Crippen molar-refractivity contribution in [2.24, 2.45) is 0 Å². The molecular weight excluding hydrogens is 330 g/mol. The van der Waals surface area contributed by atoms with Gasteiger partial charge < -0.3 is 10.5 Å². The van der Waals surface area contributed by atoms with E-state index in [2.05, 4.69) is 25.9 Å². The zero-order chi connectivity index (χ0) is 15.8. The molecule has 5 heteroatoms. The summed E-state index contributed by atoms with van der Waals surface area (Å²) in [6.45, 7) is 10.00. The van der Waals surface area contributed by atoms with Gasteiger partial charge in [0, 0.05) is 9.89 Å². The van der Waals surface area contributed by atoms with Gasteiger partial charge in [0.2, 0.25) is 5.88 Å². The molecular formula is C16H20BrN3O. The minimum atomic E-state index is -0.188. The summed E-state index contributed by atoms with van der Waals surface area (Å²) >= 11 is 3.45. The molecule has 0 radical (unpaired) electrons. The first kappa shape index (κ1) is 15.8. The minimum absolute atomic E-state index is 0.188. The monoisotopic (exact) mass is 349 g/mol. The molecule has 2 N–H and O–H groups in total. The number of ether oxygens (including phenoxy) is 1. The van der Waals surface area contributed by atoms with Crippen LogP contribution in [0.25, 0.3) is 0 Å². The van der Waals surface area contributed by atoms with E-state index in [9.17, 15) is 0 Å². The van der Waals surface area contributed by atoms with Gasteiger partial charge in [-0.3, -0.25) is 0 Å². The Morgan fingerprint density at radius 2 is 1.81 bits per heavy atom. The standard InChI is InChI=1S/C16H20BrN3O/c1-9-6-7-11(17)8-12(9)21-14-10(2)13(18)19-15(20-14)16(3,4)5/h6-8H,1-5H3,(H2,18,19,20). The highest BCUT2D eigenvalue weighted by molar-refractivity contribution is 9.10. The first-order valence-corrected chi connectivity index (χ1v) is 7.56. The number of benzene rings is 1. The summed E-state index contributed by atoms with van der Waals surface area (Å²) in [4.78, 5) is 8.91. The topological polar surface area (TPSA) is 61.0 Å². The molecule has 1 aromatic heterocycles. The van der Waals surface area contributed by atoms with Crippen molar-refractivity contribution in [3.63, 3.8) is 0 Å². The van der Waals surface area contributed by atoms with E-state index >= 15 is 0 Å². The average Bonchev–Trinajstić information content (AvgIpc) is 2.37. The Kier molecular flexibility index (Phi) is 4.23. The third-order valence-corrected chi connectivity index (χ3v) is 3.66. The number of nitrogen functional groups attached to an aromatic ring is 1. The fourth-order valence-corrected chi connectivity index (χ4v) is 2.08. The van der Waals surface area contributed by atoms with Crippen LogP contribution in [0.5, 0.6) is 11.6 Å². The number of aryl methyl sites for hydroxylation is 1. The average molecular weight is 350 g/mol. The summed E-state index contributed by atoms with van der Waals surface area (Å²) in [5.74, 6) is 2.39. The highest BCUT2D eigenvalue weighted by Crippen LogP contribution is 2.32. The van der Waals surface area contributed by atoms with Crippen LogP contribution in [0.2, 0.25) is 0 Å². The Morgan fingerprint density at radius 1 is 1.14 bits per heavy atom. The number of nitrogens with zero attached hydrogens (tertiary/aromatic N) is 2. The summed E-state index contributed by atoms with van der Waals surface area (Å²) in [6, 6.07) is 5.89. The molecule has 1 aromatic carbocycles. The normalized spacial score (nSPS) is 11.5. The van der Waals surface area contributed by atoms with Crippen LogP contribution in [0.4, 0.5) is 5.82 Å². The van der Waals surface area contributed by atoms with Crippen LogP contribution in [0.15, 0.2) is 22.7 Å². The predicted molar refractivity (Wildman–Crippen MR) is 88.8 cm³/mol. The van der Waals surface area contributed by atoms with Gasteiger partial charge in [-0.25, -0.2) is 4.98 Å². The maximum Gasteiger partial charge on any atom is 0.227 e. The molecule has 2 rings (SSSR count). The Bertz CT molecular complexity index is 678. The van der Waals surface area contributed by atoms with Crippen molar-refractivity contribution in [2.75, 3.05) is 5.73 Å². The first-order chi connectivity index (χ1) is 9.68. The number of rotatable bonds is 2. The van der Waals surface area contributed by atoms with Gasteiger partial charge in [-0.15, -0.1) is 0 Å². The van der Waals surface area contributed by atoms with Crippen LogP contribution >= 0.6 is 15.9 Å². The Hall–Kier alpha value is -1.62. The van der Waals surface area contributed by atoms with Gasteiger partial charge in [-0.1, -0.05) is 42.8 Å². The molecule has 0 aliphatic rings. The molecule has 1 heterocycles. The van der Waals surface area contributed by atoms with Crippen molar-refractivity contribution in [1.29, 1.82) is 0 Å². The van der Waals surface area contributed by atoms with E-state index in [4.69, 9.17) is 10.5 Å². The maximum atomic E-state index is 6.00. The van der Waals surface area contributed by atoms with Crippen LogP contribution in [-0.4, -0.2) is 9.97 Å². The van der Waals surface area contributed by atoms with Crippen LogP contribution in [0.3, 0.4) is 0 Å². The number of anilines is 1. The smallest absolute Gasteiger partial charge is 0.227 e. The molecule has 0 atom stereocenters. The van der Waals surface area contributed by atoms with Gasteiger partial charge in [0.05, 0.1) is 5.56 Å². The maximum absolute atomic E-state index is 6.00. The van der Waals surface area contributed by atoms with Gasteiger partial charge in [0.25, 0.3) is 0 Å². The fourth-order valence-electron chi connectivity index (χ4n) is 1.74. The zero-order valence-electron chi connectivity index (χ0n) is 13.0. The van der Waals surface area contributed by atoms with E-state index < -0.39 is 0 Å². The second-order valence-electron chi connectivity index (χ2n) is 6.12. The number of nitrogens with two attached hydrogens (primary N) is 1. The predicted octanol–water partition coefficient (Wildman–Crippen LogP) is 4.53. The Labute approximate surface area is 133 Å². The summed E-state index contributed by atoms with van der Waals surface area (Å²) in [6.07, 6.45) is 0. The molecule has 4 nitrogen and oxygen atoms in total. The lowest BCUT2D eigenvalue weighted by atomic mass is 9.95. The van der Waals surface area contributed by atoms with Crippen molar-refractivity contribution in [3.8, 4) is 11.6 Å². The summed E-state index contributed by atoms with van der Waals surface area (Å²) in [7, 11) is 0. The van der Waals surface area contributed by atoms with E-state index in [-0.39, 0.29) is 5.41 Å². The minimum Gasteiger partial charge on any atom is -0.438 e. The van der Waals surface area contributed by atoms with Crippen LogP contribution in [0.1, 0.15) is 37.7 Å². The lowest BCUT2D eigenvalue weighted by Gasteiger charge is -2.19. The van der Waals surface area contributed by atoms with E-state index in [0.717, 1.165) is 21.3 Å². The third kappa shape index (κ3) is 3.53. The van der Waals surface area contributed by atoms with Gasteiger partial charge in [0.15, 0.2) is 0 Å². The fraction of sp³-hybridized carbons (Fsp3) is 0.375. The zero-order valence-corrected chi connectivity index (χ0v) is 14.6. The van der Waals surface area contributed by atoms with E-state index in [1.807, 2.05) is 52.8 Å². The Morgan fingerprint density at radius 3 is 2.43 bits per heavy atom. The lowest BCUT2D eigenvalue weighted by molar-refractivity contribution is 0.440. The van der Waals surface area contributed by atoms with Crippen LogP contribution in [0, 0.1) is 13.8 Å². The molecule has 0 aliphatic carbocycles. The largest absolute Gasteiger partial charge is 0.438 e. The number of halogens is 1. The molecule has 2 aromatic rings. The quantitative estimate of drug-likeness (QED) is 0.865. The van der Waals surface area contributed by atoms with Gasteiger partial charge in [-0.2, -0.15) is 4.98 Å². The molecule has 0 bridgehead atoms. The first-order valence-electron chi connectivity index (χ1n) is 6.77. The van der Waals surface area contributed by atoms with E-state index in [0.29, 0.717) is 17.5 Å². The lowest BCUT2D eigenvalue weighted by Crippen LogP contribution is -2.18. The summed E-state index contributed by atoms with van der Waals surface area (Å²) < 4.78 is 6.93. The molecule has 0 saturated carbocycles. The number of hydrogen-bond acceptors (Lipinski definition) is 4. The highest BCUT2D eigenvalue weighted by Gasteiger charge is 2.21. The molecule has 21 heavy (non-hydrogen) atoms. The van der Waals surface area contributed by atoms with E-state index in [1.54, 1.807) is 0 Å². The Balaban J connectivity index is 2.49. The number of hydrogen-bond donors (Lipinski definition) is 1. The van der Waals surface area contributed by atoms with Crippen LogP contribution in [-0.2, 0) is 5.41 Å². The van der Waals surface area contributed by atoms with Gasteiger partial charge >= 0.3 is 0 Å². The van der Waals surface area contributed by atoms with Crippen molar-refractivity contribution in [3.05, 3.63) is 39.6 Å². The SMILES string of the molecule is Cc1ccc(Br)cc1Oc1nc(C(C)(C)C)nc(N)c1C. The molecule has 112 valence electrons. The summed E-state index contributed by atoms with van der Waals surface area (Å²) in [5, 5.41) is 0. The molecule has 0 aliphatic heterocycles. The van der Waals surface area contributed by atoms with Gasteiger partial charge in [0.1, 0.15) is 17.4 Å². The van der Waals surface area contributed by atoms with Crippen molar-refractivity contribution >= 4 is 21.7 Å². The summed E-state index contributed by atoms with van der Waals surface area (Å²) in [5.41, 5.74) is 7.60. The molecule has 0 spiro atoms. The van der Waals surface area contributed by atoms with Crippen molar-refractivity contribution in [2.45, 2.75) is 40.0 Å². The molecule has 0 fully saturated rings. The van der Waals surface area contributed by atoms with Crippen molar-refractivity contribution < 1.29 is 4.74 Å². The van der Waals surface area contributed by atoms with Crippen LogP contribution < -0.4 is 10.5 Å². The molecule has 0 saturated heterocycles. The van der Waals surface area contributed by atoms with Crippen molar-refractivity contribution in [1.82, 2.24) is 9.97 Å². The molecule has 0 unspecified atom stereocenters. The second-order valence-corrected chi connectivity index (χ2v) is 7.04. The second kappa shape index (κ2) is 5.64. The van der Waals surface area contributed by atoms with Gasteiger partial charge in [-0.05, 0) is 31.5 Å². The van der Waals surface area contributed by atoms with E-state index in [1.165, 1.54) is 0 Å². The number of aromatic nitrogens is 2.